The Morgan fingerprint density at radius 1 is 0.735 bits per heavy atom. The maximum atomic E-state index is 12.8. The van der Waals surface area contributed by atoms with Crippen LogP contribution in [0.25, 0.3) is 0 Å². The van der Waals surface area contributed by atoms with Gasteiger partial charge in [-0.15, -0.1) is 0 Å². The van der Waals surface area contributed by atoms with Crippen LogP contribution in [0.3, 0.4) is 0 Å². The molecular formula is C19H32N6O9. The first-order valence-electron chi connectivity index (χ1n) is 10.3. The van der Waals surface area contributed by atoms with E-state index in [1.165, 1.54) is 0 Å². The van der Waals surface area contributed by atoms with Gasteiger partial charge in [-0.25, -0.2) is 4.79 Å². The Bertz CT molecular complexity index is 801. The zero-order chi connectivity index (χ0) is 26.6. The van der Waals surface area contributed by atoms with E-state index in [4.69, 9.17) is 27.4 Å². The molecule has 0 bridgehead atoms. The number of nitrogens with one attached hydrogen (secondary N) is 3. The number of carbonyl (C=O) groups is 7. The van der Waals surface area contributed by atoms with E-state index in [2.05, 4.69) is 10.6 Å². The SMILES string of the molecule is CC(C)CC(NC(=O)C(N)CCC(N)=O)C(=O)NC(CC(N)=O)C(=O)NC(CC(=O)O)C(=O)O. The van der Waals surface area contributed by atoms with Gasteiger partial charge in [0.05, 0.1) is 18.9 Å². The number of rotatable bonds is 16. The number of nitrogens with two attached hydrogens (primary N) is 3. The predicted molar refractivity (Wildman–Crippen MR) is 115 cm³/mol. The lowest BCUT2D eigenvalue weighted by Crippen LogP contribution is -2.58. The zero-order valence-electron chi connectivity index (χ0n) is 18.9. The Kier molecular flexibility index (Phi) is 12.8. The molecule has 0 heterocycles. The van der Waals surface area contributed by atoms with Crippen LogP contribution in [0.4, 0.5) is 0 Å². The van der Waals surface area contributed by atoms with Gasteiger partial charge in [0.1, 0.15) is 18.1 Å². The van der Waals surface area contributed by atoms with E-state index in [-0.39, 0.29) is 25.2 Å². The van der Waals surface area contributed by atoms with E-state index in [0.717, 1.165) is 0 Å². The van der Waals surface area contributed by atoms with Gasteiger partial charge in [-0.1, -0.05) is 13.8 Å². The van der Waals surface area contributed by atoms with Crippen molar-refractivity contribution in [1.82, 2.24) is 16.0 Å². The minimum absolute atomic E-state index is 0.0654. The molecule has 0 aliphatic heterocycles. The third-order valence-corrected chi connectivity index (χ3v) is 4.41. The number of hydrogen-bond donors (Lipinski definition) is 8. The summed E-state index contributed by atoms with van der Waals surface area (Å²) < 4.78 is 0. The summed E-state index contributed by atoms with van der Waals surface area (Å²) in [7, 11) is 0. The Hall–Kier alpha value is -3.75. The first kappa shape index (κ1) is 30.2. The second kappa shape index (κ2) is 14.4. The van der Waals surface area contributed by atoms with Gasteiger partial charge in [-0.2, -0.15) is 0 Å². The van der Waals surface area contributed by atoms with Crippen molar-refractivity contribution in [1.29, 1.82) is 0 Å². The average Bonchev–Trinajstić information content (AvgIpc) is 2.68. The Balaban J connectivity index is 5.52. The maximum absolute atomic E-state index is 12.8. The summed E-state index contributed by atoms with van der Waals surface area (Å²) in [5.41, 5.74) is 15.8. The van der Waals surface area contributed by atoms with Crippen LogP contribution in [-0.2, 0) is 33.6 Å². The number of primary amides is 2. The lowest BCUT2D eigenvalue weighted by molar-refractivity contribution is -0.147. The summed E-state index contributed by atoms with van der Waals surface area (Å²) >= 11 is 0. The van der Waals surface area contributed by atoms with Crippen LogP contribution in [0.15, 0.2) is 0 Å². The molecule has 0 saturated heterocycles. The zero-order valence-corrected chi connectivity index (χ0v) is 18.9. The largest absolute Gasteiger partial charge is 0.481 e. The van der Waals surface area contributed by atoms with E-state index >= 15 is 0 Å². The number of hydrogen-bond acceptors (Lipinski definition) is 8. The van der Waals surface area contributed by atoms with Crippen molar-refractivity contribution < 1.29 is 43.8 Å². The molecule has 0 spiro atoms. The second-order valence-corrected chi connectivity index (χ2v) is 8.03. The molecule has 0 aromatic heterocycles. The Labute approximate surface area is 195 Å². The summed E-state index contributed by atoms with van der Waals surface area (Å²) in [6, 6.07) is -5.82. The number of amides is 5. The van der Waals surface area contributed by atoms with Crippen molar-refractivity contribution in [2.24, 2.45) is 23.1 Å². The fourth-order valence-corrected chi connectivity index (χ4v) is 2.74. The molecule has 0 aliphatic carbocycles. The van der Waals surface area contributed by atoms with Crippen LogP contribution in [0.1, 0.15) is 46.0 Å². The van der Waals surface area contributed by atoms with E-state index in [9.17, 15) is 33.6 Å². The van der Waals surface area contributed by atoms with E-state index in [0.29, 0.717) is 0 Å². The van der Waals surface area contributed by atoms with Crippen molar-refractivity contribution >= 4 is 41.5 Å². The molecule has 0 aliphatic rings. The molecule has 15 nitrogen and oxygen atoms in total. The lowest BCUT2D eigenvalue weighted by atomic mass is 10.0. The van der Waals surface area contributed by atoms with Crippen molar-refractivity contribution in [3.8, 4) is 0 Å². The van der Waals surface area contributed by atoms with Crippen LogP contribution in [0, 0.1) is 5.92 Å². The summed E-state index contributed by atoms with van der Waals surface area (Å²) in [5.74, 6) is -7.75. The molecule has 15 heteroatoms. The molecule has 192 valence electrons. The number of aliphatic carboxylic acids is 2. The molecule has 0 fully saturated rings. The van der Waals surface area contributed by atoms with Gasteiger partial charge in [0.25, 0.3) is 0 Å². The third kappa shape index (κ3) is 12.3. The van der Waals surface area contributed by atoms with Crippen LogP contribution in [-0.4, -0.2) is 75.9 Å². The molecule has 5 amide bonds. The highest BCUT2D eigenvalue weighted by molar-refractivity contribution is 5.96. The molecule has 4 unspecified atom stereocenters. The summed E-state index contributed by atoms with van der Waals surface area (Å²) in [4.78, 5) is 81.9. The van der Waals surface area contributed by atoms with E-state index < -0.39 is 78.5 Å². The summed E-state index contributed by atoms with van der Waals surface area (Å²) in [5, 5.41) is 24.4. The molecule has 0 saturated carbocycles. The van der Waals surface area contributed by atoms with Gasteiger partial charge < -0.3 is 43.4 Å². The van der Waals surface area contributed by atoms with Crippen molar-refractivity contribution in [3.63, 3.8) is 0 Å². The third-order valence-electron chi connectivity index (χ3n) is 4.41. The highest BCUT2D eigenvalue weighted by Crippen LogP contribution is 2.08. The molecule has 0 aromatic rings. The van der Waals surface area contributed by atoms with Gasteiger partial charge >= 0.3 is 11.9 Å². The Morgan fingerprint density at radius 2 is 1.24 bits per heavy atom. The minimum Gasteiger partial charge on any atom is -0.481 e. The smallest absolute Gasteiger partial charge is 0.326 e. The number of carboxylic acid groups (broad SMARTS) is 2. The second-order valence-electron chi connectivity index (χ2n) is 8.03. The first-order chi connectivity index (χ1) is 15.6. The van der Waals surface area contributed by atoms with Gasteiger partial charge in [0.15, 0.2) is 0 Å². The van der Waals surface area contributed by atoms with E-state index in [1.807, 2.05) is 5.32 Å². The molecule has 11 N–H and O–H groups in total. The first-order valence-corrected chi connectivity index (χ1v) is 10.3. The van der Waals surface area contributed by atoms with E-state index in [1.54, 1.807) is 13.8 Å². The maximum Gasteiger partial charge on any atom is 0.326 e. The summed E-state index contributed by atoms with van der Waals surface area (Å²) in [6.07, 6.45) is -1.80. The summed E-state index contributed by atoms with van der Waals surface area (Å²) in [6.45, 7) is 3.49. The van der Waals surface area contributed by atoms with Gasteiger partial charge in [0.2, 0.25) is 29.5 Å². The topological polar surface area (TPSA) is 274 Å². The quantitative estimate of drug-likeness (QED) is 0.106. The lowest BCUT2D eigenvalue weighted by Gasteiger charge is -2.25. The molecule has 4 atom stereocenters. The number of carboxylic acids is 2. The highest BCUT2D eigenvalue weighted by atomic mass is 16.4. The van der Waals surface area contributed by atoms with Crippen LogP contribution in [0.2, 0.25) is 0 Å². The fourth-order valence-electron chi connectivity index (χ4n) is 2.74. The average molecular weight is 488 g/mol. The normalized spacial score (nSPS) is 14.2. The monoisotopic (exact) mass is 488 g/mol. The standard InChI is InChI=1S/C19H32N6O9/c1-8(2)5-10(23-16(30)9(20)3-4-13(21)26)17(31)24-11(6-14(22)27)18(32)25-12(19(33)34)7-15(28)29/h8-12H,3-7,20H2,1-2H3,(H2,21,26)(H2,22,27)(H,23,30)(H,24,31)(H,25,32)(H,28,29)(H,33,34). The minimum atomic E-state index is -1.83. The van der Waals surface area contributed by atoms with Gasteiger partial charge in [-0.05, 0) is 18.8 Å². The molecular weight excluding hydrogens is 456 g/mol. The van der Waals surface area contributed by atoms with Crippen LogP contribution in [0.5, 0.6) is 0 Å². The van der Waals surface area contributed by atoms with Crippen LogP contribution >= 0.6 is 0 Å². The molecule has 34 heavy (non-hydrogen) atoms. The molecule has 0 aromatic carbocycles. The molecule has 0 rings (SSSR count). The fraction of sp³-hybridized carbons (Fsp3) is 0.632. The van der Waals surface area contributed by atoms with Gasteiger partial charge in [-0.3, -0.25) is 28.8 Å². The number of carbonyl (C=O) groups excluding carboxylic acids is 5. The van der Waals surface area contributed by atoms with Crippen molar-refractivity contribution in [2.45, 2.75) is 70.1 Å². The van der Waals surface area contributed by atoms with Crippen molar-refractivity contribution in [2.75, 3.05) is 0 Å². The molecule has 0 radical (unpaired) electrons. The predicted octanol–water partition coefficient (Wildman–Crippen LogP) is -3.49. The highest BCUT2D eigenvalue weighted by Gasteiger charge is 2.32. The van der Waals surface area contributed by atoms with Crippen LogP contribution < -0.4 is 33.2 Å². The Morgan fingerprint density at radius 3 is 1.68 bits per heavy atom. The van der Waals surface area contributed by atoms with Crippen molar-refractivity contribution in [3.05, 3.63) is 0 Å². The van der Waals surface area contributed by atoms with Gasteiger partial charge in [0, 0.05) is 6.42 Å².